The normalized spacial score (nSPS) is 8.54. The van der Waals surface area contributed by atoms with Crippen LogP contribution < -0.4 is 0 Å². The van der Waals surface area contributed by atoms with E-state index in [1.165, 1.54) is 10.9 Å². The summed E-state index contributed by atoms with van der Waals surface area (Å²) in [6.45, 7) is 6.07. The Bertz CT molecular complexity index is 350. The van der Waals surface area contributed by atoms with Crippen LogP contribution in [-0.2, 0) is 0 Å². The molecule has 0 unspecified atom stereocenters. The molecule has 0 aliphatic heterocycles. The van der Waals surface area contributed by atoms with Crippen molar-refractivity contribution in [3.63, 3.8) is 0 Å². The molecule has 2 rings (SSSR count). The predicted molar refractivity (Wildman–Crippen MR) is 58.9 cm³/mol. The van der Waals surface area contributed by atoms with Gasteiger partial charge in [0.1, 0.15) is 5.65 Å². The summed E-state index contributed by atoms with van der Waals surface area (Å²) in [5.41, 5.74) is 2.23. The molecular formula is C11H18N2. The molecule has 2 nitrogen and oxygen atoms in total. The molecule has 2 aromatic heterocycles. The highest BCUT2D eigenvalue weighted by Crippen LogP contribution is 2.12. The largest absolute Gasteiger partial charge is 0.346 e. The van der Waals surface area contributed by atoms with Gasteiger partial charge in [-0.1, -0.05) is 21.3 Å². The van der Waals surface area contributed by atoms with E-state index in [1.54, 1.807) is 6.20 Å². The van der Waals surface area contributed by atoms with E-state index in [1.807, 2.05) is 26.1 Å². The molecule has 2 aromatic rings. The standard InChI is InChI=1S/C8H8N2.C2H6.CH4/c1-6-5-10-8-7(6)3-2-4-9-8;1-2;/h2-5H,1H3,(H,9,10);1-2H3;1H4. The first-order chi connectivity index (χ1) is 5.88. The molecule has 0 saturated heterocycles. The Hall–Kier alpha value is -1.31. The lowest BCUT2D eigenvalue weighted by Gasteiger charge is -1.86. The average molecular weight is 178 g/mol. The summed E-state index contributed by atoms with van der Waals surface area (Å²) >= 11 is 0. The first-order valence-electron chi connectivity index (χ1n) is 4.26. The maximum absolute atomic E-state index is 4.15. The van der Waals surface area contributed by atoms with E-state index in [0.29, 0.717) is 0 Å². The summed E-state index contributed by atoms with van der Waals surface area (Å²) in [6, 6.07) is 4.01. The van der Waals surface area contributed by atoms with Crippen molar-refractivity contribution in [1.29, 1.82) is 0 Å². The van der Waals surface area contributed by atoms with Crippen LogP contribution in [0.25, 0.3) is 11.0 Å². The van der Waals surface area contributed by atoms with Gasteiger partial charge in [-0.25, -0.2) is 4.98 Å². The fraction of sp³-hybridized carbons (Fsp3) is 0.364. The number of hydrogen-bond acceptors (Lipinski definition) is 1. The summed E-state index contributed by atoms with van der Waals surface area (Å²) < 4.78 is 0. The monoisotopic (exact) mass is 178 g/mol. The highest BCUT2D eigenvalue weighted by Gasteiger charge is 1.95. The van der Waals surface area contributed by atoms with E-state index in [9.17, 15) is 0 Å². The van der Waals surface area contributed by atoms with E-state index >= 15 is 0 Å². The van der Waals surface area contributed by atoms with Gasteiger partial charge in [-0.3, -0.25) is 0 Å². The van der Waals surface area contributed by atoms with Gasteiger partial charge in [0.15, 0.2) is 0 Å². The number of H-pyrrole nitrogens is 1. The second-order valence-corrected chi connectivity index (χ2v) is 2.37. The minimum absolute atomic E-state index is 0. The van der Waals surface area contributed by atoms with Crippen LogP contribution in [0.4, 0.5) is 0 Å². The first-order valence-corrected chi connectivity index (χ1v) is 4.26. The lowest BCUT2D eigenvalue weighted by molar-refractivity contribution is 1.32. The van der Waals surface area contributed by atoms with Gasteiger partial charge in [0, 0.05) is 17.8 Å². The van der Waals surface area contributed by atoms with Crippen molar-refractivity contribution in [2.75, 3.05) is 0 Å². The zero-order chi connectivity index (χ0) is 8.97. The van der Waals surface area contributed by atoms with Gasteiger partial charge in [0.25, 0.3) is 0 Å². The van der Waals surface area contributed by atoms with E-state index in [0.717, 1.165) is 5.65 Å². The molecule has 0 bridgehead atoms. The van der Waals surface area contributed by atoms with Gasteiger partial charge >= 0.3 is 0 Å². The number of aryl methyl sites for hydroxylation is 1. The maximum Gasteiger partial charge on any atom is 0.137 e. The van der Waals surface area contributed by atoms with E-state index in [-0.39, 0.29) is 7.43 Å². The fourth-order valence-corrected chi connectivity index (χ4v) is 1.09. The quantitative estimate of drug-likeness (QED) is 0.656. The number of fused-ring (bicyclic) bond motifs is 1. The van der Waals surface area contributed by atoms with Crippen LogP contribution >= 0.6 is 0 Å². The highest BCUT2D eigenvalue weighted by molar-refractivity contribution is 5.78. The fourth-order valence-electron chi connectivity index (χ4n) is 1.09. The minimum Gasteiger partial charge on any atom is -0.346 e. The second kappa shape index (κ2) is 5.36. The number of aromatic nitrogens is 2. The molecule has 0 atom stereocenters. The number of pyridine rings is 1. The highest BCUT2D eigenvalue weighted by atomic mass is 14.8. The smallest absolute Gasteiger partial charge is 0.137 e. The first kappa shape index (κ1) is 11.7. The van der Waals surface area contributed by atoms with E-state index in [2.05, 4.69) is 23.0 Å². The third kappa shape index (κ3) is 2.31. The number of nitrogens with zero attached hydrogens (tertiary/aromatic N) is 1. The van der Waals surface area contributed by atoms with Crippen LogP contribution in [-0.4, -0.2) is 9.97 Å². The molecule has 0 saturated carbocycles. The zero-order valence-electron chi connectivity index (χ0n) is 7.76. The van der Waals surface area contributed by atoms with Gasteiger partial charge in [0.05, 0.1) is 0 Å². The van der Waals surface area contributed by atoms with Gasteiger partial charge in [0.2, 0.25) is 0 Å². The molecule has 13 heavy (non-hydrogen) atoms. The molecule has 0 aromatic carbocycles. The molecule has 0 aliphatic carbocycles. The SMILES string of the molecule is C.CC.Cc1c[nH]c2ncccc12. The third-order valence-electron chi connectivity index (χ3n) is 1.66. The van der Waals surface area contributed by atoms with Crippen molar-refractivity contribution >= 4 is 11.0 Å². The summed E-state index contributed by atoms with van der Waals surface area (Å²) in [7, 11) is 0. The Morgan fingerprint density at radius 2 is 2.00 bits per heavy atom. The van der Waals surface area contributed by atoms with Crippen molar-refractivity contribution in [3.8, 4) is 0 Å². The lowest BCUT2D eigenvalue weighted by Crippen LogP contribution is -1.72. The van der Waals surface area contributed by atoms with Gasteiger partial charge in [-0.15, -0.1) is 0 Å². The Labute approximate surface area is 80.0 Å². The van der Waals surface area contributed by atoms with Crippen LogP contribution in [0, 0.1) is 6.92 Å². The van der Waals surface area contributed by atoms with E-state index in [4.69, 9.17) is 0 Å². The van der Waals surface area contributed by atoms with Gasteiger partial charge < -0.3 is 4.98 Å². The number of rotatable bonds is 0. The summed E-state index contributed by atoms with van der Waals surface area (Å²) in [4.78, 5) is 7.22. The third-order valence-corrected chi connectivity index (χ3v) is 1.66. The number of nitrogens with one attached hydrogen (secondary N) is 1. The summed E-state index contributed by atoms with van der Waals surface area (Å²) in [5, 5.41) is 1.21. The van der Waals surface area contributed by atoms with Gasteiger partial charge in [-0.05, 0) is 24.6 Å². The Kier molecular flexibility index (Phi) is 4.82. The Morgan fingerprint density at radius 1 is 1.31 bits per heavy atom. The molecule has 2 heteroatoms. The van der Waals surface area contributed by atoms with Crippen LogP contribution in [0.15, 0.2) is 24.5 Å². The molecule has 0 amide bonds. The van der Waals surface area contributed by atoms with Crippen molar-refractivity contribution in [2.45, 2.75) is 28.2 Å². The van der Waals surface area contributed by atoms with E-state index < -0.39 is 0 Å². The number of aromatic amines is 1. The molecule has 2 heterocycles. The molecule has 72 valence electrons. The minimum atomic E-state index is 0. The predicted octanol–water partition coefficient (Wildman–Crippen LogP) is 3.53. The van der Waals surface area contributed by atoms with Crippen molar-refractivity contribution < 1.29 is 0 Å². The van der Waals surface area contributed by atoms with Crippen LogP contribution in [0.1, 0.15) is 26.8 Å². The molecule has 0 spiro atoms. The van der Waals surface area contributed by atoms with Crippen molar-refractivity contribution in [3.05, 3.63) is 30.1 Å². The average Bonchev–Trinajstić information content (AvgIpc) is 2.53. The van der Waals surface area contributed by atoms with Crippen LogP contribution in [0.3, 0.4) is 0 Å². The van der Waals surface area contributed by atoms with Crippen molar-refractivity contribution in [2.24, 2.45) is 0 Å². The lowest BCUT2D eigenvalue weighted by atomic mass is 10.2. The molecule has 1 N–H and O–H groups in total. The zero-order valence-corrected chi connectivity index (χ0v) is 7.76. The van der Waals surface area contributed by atoms with Gasteiger partial charge in [-0.2, -0.15) is 0 Å². The van der Waals surface area contributed by atoms with Crippen LogP contribution in [0.5, 0.6) is 0 Å². The molecular weight excluding hydrogens is 160 g/mol. The molecule has 0 fully saturated rings. The second-order valence-electron chi connectivity index (χ2n) is 2.37. The Balaban J connectivity index is 0.000000451. The molecule has 0 aliphatic rings. The summed E-state index contributed by atoms with van der Waals surface area (Å²) in [5.74, 6) is 0. The van der Waals surface area contributed by atoms with Crippen molar-refractivity contribution in [1.82, 2.24) is 9.97 Å². The topological polar surface area (TPSA) is 28.7 Å². The molecule has 0 radical (unpaired) electrons. The Morgan fingerprint density at radius 3 is 2.62 bits per heavy atom. The number of hydrogen-bond donors (Lipinski definition) is 1. The van der Waals surface area contributed by atoms with Crippen LogP contribution in [0.2, 0.25) is 0 Å². The summed E-state index contributed by atoms with van der Waals surface area (Å²) in [6.07, 6.45) is 3.76. The maximum atomic E-state index is 4.15.